The fourth-order valence-electron chi connectivity index (χ4n) is 1.83. The molecule has 2 aromatic rings. The fraction of sp³-hybridized carbons (Fsp3) is 0.200. The smallest absolute Gasteiger partial charge is 0.246 e. The van der Waals surface area contributed by atoms with Gasteiger partial charge in [0.05, 0.1) is 29.0 Å². The van der Waals surface area contributed by atoms with Crippen molar-refractivity contribution in [3.63, 3.8) is 0 Å². The van der Waals surface area contributed by atoms with E-state index in [1.165, 1.54) is 4.90 Å². The summed E-state index contributed by atoms with van der Waals surface area (Å²) in [6.45, 7) is -0.0711. The fourth-order valence-corrected chi connectivity index (χ4v) is 2.62. The number of carbonyl (C=O) groups is 2. The lowest BCUT2D eigenvalue weighted by molar-refractivity contribution is -0.128. The zero-order valence-corrected chi connectivity index (χ0v) is 10.6. The second-order valence-electron chi connectivity index (χ2n) is 3.78. The van der Waals surface area contributed by atoms with Gasteiger partial charge < -0.3 is 5.32 Å². The molecule has 0 unspecified atom stereocenters. The Labute approximate surface area is 111 Å². The molecule has 1 aliphatic heterocycles. The Morgan fingerprint density at radius 1 is 1.33 bits per heavy atom. The highest BCUT2D eigenvalue weighted by molar-refractivity contribution is 7.00. The Morgan fingerprint density at radius 3 is 3.00 bits per heavy atom. The Morgan fingerprint density at radius 2 is 2.17 bits per heavy atom. The maximum Gasteiger partial charge on any atom is 0.246 e. The molecular weight excluding hydrogens is 276 g/mol. The van der Waals surface area contributed by atoms with E-state index in [1.807, 2.05) is 0 Å². The van der Waals surface area contributed by atoms with Crippen LogP contribution in [0.15, 0.2) is 12.1 Å². The maximum absolute atomic E-state index is 11.9. The molecule has 0 saturated carbocycles. The largest absolute Gasteiger partial charge is 0.345 e. The number of halogens is 1. The number of aromatic nitrogens is 2. The van der Waals surface area contributed by atoms with Crippen molar-refractivity contribution in [3.05, 3.63) is 17.2 Å². The van der Waals surface area contributed by atoms with Gasteiger partial charge in [0.1, 0.15) is 17.6 Å². The lowest BCUT2D eigenvalue weighted by Crippen LogP contribution is -2.51. The summed E-state index contributed by atoms with van der Waals surface area (Å²) in [7, 11) is 0. The quantitative estimate of drug-likeness (QED) is 0.840. The number of anilines is 1. The molecule has 0 radical (unpaired) electrons. The van der Waals surface area contributed by atoms with Crippen LogP contribution in [0.4, 0.5) is 5.69 Å². The highest BCUT2D eigenvalue weighted by atomic mass is 35.5. The number of hydrogen-bond acceptors (Lipinski definition) is 5. The van der Waals surface area contributed by atoms with E-state index in [4.69, 9.17) is 11.6 Å². The van der Waals surface area contributed by atoms with Gasteiger partial charge >= 0.3 is 0 Å². The van der Waals surface area contributed by atoms with E-state index < -0.39 is 0 Å². The van der Waals surface area contributed by atoms with Crippen LogP contribution in [-0.2, 0) is 9.59 Å². The predicted octanol–water partition coefficient (Wildman–Crippen LogP) is 0.807. The predicted molar refractivity (Wildman–Crippen MR) is 67.8 cm³/mol. The molecular formula is C10H7ClN4O2S. The molecule has 1 aliphatic rings. The third kappa shape index (κ3) is 1.72. The van der Waals surface area contributed by atoms with Crippen LogP contribution in [0.3, 0.4) is 0 Å². The number of carbonyl (C=O) groups excluding carboxylic acids is 2. The molecule has 8 heteroatoms. The molecule has 0 aliphatic carbocycles. The number of benzene rings is 1. The van der Waals surface area contributed by atoms with Crippen molar-refractivity contribution in [2.45, 2.75) is 0 Å². The van der Waals surface area contributed by atoms with Gasteiger partial charge in [-0.15, -0.1) is 0 Å². The summed E-state index contributed by atoms with van der Waals surface area (Å²) >= 11 is 7.16. The number of fused-ring (bicyclic) bond motifs is 1. The van der Waals surface area contributed by atoms with Crippen LogP contribution in [0.1, 0.15) is 0 Å². The monoisotopic (exact) mass is 282 g/mol. The minimum absolute atomic E-state index is 0.0247. The Hall–Kier alpha value is -1.73. The first-order valence-electron chi connectivity index (χ1n) is 5.14. The van der Waals surface area contributed by atoms with Crippen molar-refractivity contribution >= 4 is 51.9 Å². The summed E-state index contributed by atoms with van der Waals surface area (Å²) in [5.41, 5.74) is 1.68. The molecule has 92 valence electrons. The number of hydrogen-bond donors (Lipinski definition) is 1. The van der Waals surface area contributed by atoms with Gasteiger partial charge in [-0.2, -0.15) is 8.75 Å². The van der Waals surface area contributed by atoms with Crippen molar-refractivity contribution in [2.75, 3.05) is 18.0 Å². The minimum Gasteiger partial charge on any atom is -0.345 e. The molecule has 1 N–H and O–H groups in total. The topological polar surface area (TPSA) is 75.2 Å². The Bertz CT molecular complexity index is 656. The second-order valence-corrected chi connectivity index (χ2v) is 4.72. The summed E-state index contributed by atoms with van der Waals surface area (Å²) < 4.78 is 8.23. The van der Waals surface area contributed by atoms with E-state index in [0.717, 1.165) is 11.7 Å². The Balaban J connectivity index is 2.17. The van der Waals surface area contributed by atoms with E-state index in [-0.39, 0.29) is 24.9 Å². The molecule has 1 aromatic carbocycles. The first-order valence-corrected chi connectivity index (χ1v) is 6.25. The summed E-state index contributed by atoms with van der Waals surface area (Å²) in [6.07, 6.45) is 0. The third-order valence-corrected chi connectivity index (χ3v) is 3.51. The van der Waals surface area contributed by atoms with Gasteiger partial charge in [0.25, 0.3) is 0 Å². The summed E-state index contributed by atoms with van der Waals surface area (Å²) in [4.78, 5) is 24.6. The second kappa shape index (κ2) is 4.18. The highest BCUT2D eigenvalue weighted by Crippen LogP contribution is 2.33. The van der Waals surface area contributed by atoms with Crippen LogP contribution < -0.4 is 10.2 Å². The Kier molecular flexibility index (Phi) is 2.64. The molecule has 3 rings (SSSR count). The van der Waals surface area contributed by atoms with Crippen LogP contribution in [-0.4, -0.2) is 33.7 Å². The van der Waals surface area contributed by atoms with Gasteiger partial charge in [0.15, 0.2) is 0 Å². The standard InChI is InChI=1S/C10H7ClN4O2S/c11-5-1-2-6-9(14-18-13-6)10(5)15-4-7(16)12-3-8(15)17/h1-2H,3-4H2,(H,12,16). The number of nitrogens with one attached hydrogen (secondary N) is 1. The molecule has 2 heterocycles. The number of nitrogens with zero attached hydrogens (tertiary/aromatic N) is 3. The molecule has 1 fully saturated rings. The van der Waals surface area contributed by atoms with E-state index >= 15 is 0 Å². The normalized spacial score (nSPS) is 16.2. The minimum atomic E-state index is -0.217. The zero-order chi connectivity index (χ0) is 12.7. The van der Waals surface area contributed by atoms with E-state index in [1.54, 1.807) is 12.1 Å². The maximum atomic E-state index is 11.9. The average molecular weight is 283 g/mol. The van der Waals surface area contributed by atoms with Crippen LogP contribution in [0, 0.1) is 0 Å². The van der Waals surface area contributed by atoms with E-state index in [9.17, 15) is 9.59 Å². The average Bonchev–Trinajstić information content (AvgIpc) is 2.81. The number of amides is 2. The molecule has 18 heavy (non-hydrogen) atoms. The SMILES string of the molecule is O=C1CN(c2c(Cl)ccc3nsnc23)C(=O)CN1. The van der Waals surface area contributed by atoms with Crippen LogP contribution in [0.25, 0.3) is 11.0 Å². The van der Waals surface area contributed by atoms with Gasteiger partial charge in [0, 0.05) is 0 Å². The van der Waals surface area contributed by atoms with Crippen LogP contribution in [0.5, 0.6) is 0 Å². The summed E-state index contributed by atoms with van der Waals surface area (Å²) in [5.74, 6) is -0.428. The summed E-state index contributed by atoms with van der Waals surface area (Å²) in [5, 5.41) is 2.87. The van der Waals surface area contributed by atoms with Crippen molar-refractivity contribution in [3.8, 4) is 0 Å². The van der Waals surface area contributed by atoms with Gasteiger partial charge in [-0.1, -0.05) is 11.6 Å². The van der Waals surface area contributed by atoms with Crippen molar-refractivity contribution in [1.82, 2.24) is 14.1 Å². The lowest BCUT2D eigenvalue weighted by Gasteiger charge is -2.27. The number of rotatable bonds is 1. The molecule has 6 nitrogen and oxygen atoms in total. The summed E-state index contributed by atoms with van der Waals surface area (Å²) in [6, 6.07) is 3.39. The van der Waals surface area contributed by atoms with Crippen LogP contribution >= 0.6 is 23.3 Å². The molecule has 1 aromatic heterocycles. The molecule has 0 atom stereocenters. The van der Waals surface area contributed by atoms with E-state index in [0.29, 0.717) is 21.7 Å². The zero-order valence-electron chi connectivity index (χ0n) is 9.01. The first-order chi connectivity index (χ1) is 8.66. The third-order valence-electron chi connectivity index (χ3n) is 2.66. The first kappa shape index (κ1) is 11.4. The number of piperazine rings is 1. The molecule has 2 amide bonds. The van der Waals surface area contributed by atoms with Gasteiger partial charge in [0.2, 0.25) is 11.8 Å². The van der Waals surface area contributed by atoms with E-state index in [2.05, 4.69) is 14.1 Å². The van der Waals surface area contributed by atoms with Crippen molar-refractivity contribution in [2.24, 2.45) is 0 Å². The molecule has 0 bridgehead atoms. The molecule has 1 saturated heterocycles. The van der Waals surface area contributed by atoms with Crippen molar-refractivity contribution < 1.29 is 9.59 Å². The highest BCUT2D eigenvalue weighted by Gasteiger charge is 2.28. The molecule has 0 spiro atoms. The van der Waals surface area contributed by atoms with Gasteiger partial charge in [-0.05, 0) is 12.1 Å². The van der Waals surface area contributed by atoms with Crippen molar-refractivity contribution in [1.29, 1.82) is 0 Å². The van der Waals surface area contributed by atoms with Crippen LogP contribution in [0.2, 0.25) is 5.02 Å². The van der Waals surface area contributed by atoms with Gasteiger partial charge in [-0.25, -0.2) is 0 Å². The lowest BCUT2D eigenvalue weighted by atomic mass is 10.2. The van der Waals surface area contributed by atoms with Gasteiger partial charge in [-0.3, -0.25) is 14.5 Å².